The number of pyridine rings is 2. The van der Waals surface area contributed by atoms with E-state index in [-0.39, 0.29) is 44.6 Å². The van der Waals surface area contributed by atoms with Crippen LogP contribution in [0.15, 0.2) is 18.3 Å². The summed E-state index contributed by atoms with van der Waals surface area (Å²) < 4.78 is 9.51. The second-order valence-electron chi connectivity index (χ2n) is 4.70. The molecule has 0 saturated heterocycles. The van der Waals surface area contributed by atoms with Crippen LogP contribution in [0.1, 0.15) is 34.6 Å². The molecule has 8 nitrogen and oxygen atoms in total. The van der Waals surface area contributed by atoms with Crippen LogP contribution in [0.5, 0.6) is 0 Å². The van der Waals surface area contributed by atoms with E-state index in [4.69, 9.17) is 55.7 Å². The molecule has 0 atom stereocenters. The lowest BCUT2D eigenvalue weighted by Crippen LogP contribution is -2.09. The van der Waals surface area contributed by atoms with Crippen LogP contribution in [0.4, 0.5) is 11.4 Å². The molecule has 0 radical (unpaired) electrons. The van der Waals surface area contributed by atoms with E-state index < -0.39 is 11.9 Å². The summed E-state index contributed by atoms with van der Waals surface area (Å²) in [7, 11) is 0. The van der Waals surface area contributed by atoms with E-state index in [9.17, 15) is 9.59 Å². The van der Waals surface area contributed by atoms with Gasteiger partial charge in [0.1, 0.15) is 5.15 Å². The van der Waals surface area contributed by atoms with Crippen LogP contribution in [-0.2, 0) is 9.47 Å². The molecule has 0 aliphatic rings. The Kier molecular flexibility index (Phi) is 9.07. The number of nitrogen functional groups attached to an aromatic ring is 2. The van der Waals surface area contributed by atoms with Gasteiger partial charge in [0.15, 0.2) is 10.3 Å². The minimum atomic E-state index is -0.559. The molecule has 2 aromatic rings. The van der Waals surface area contributed by atoms with E-state index in [1.807, 2.05) is 0 Å². The third-order valence-corrected chi connectivity index (χ3v) is 3.70. The third-order valence-electron chi connectivity index (χ3n) is 2.91. The van der Waals surface area contributed by atoms with E-state index in [1.54, 1.807) is 13.8 Å². The Morgan fingerprint density at radius 1 is 0.963 bits per heavy atom. The van der Waals surface area contributed by atoms with E-state index >= 15 is 0 Å². The zero-order valence-corrected chi connectivity index (χ0v) is 16.7. The fourth-order valence-corrected chi connectivity index (χ4v) is 2.29. The first-order valence-corrected chi connectivity index (χ1v) is 8.71. The van der Waals surface area contributed by atoms with Crippen molar-refractivity contribution in [3.8, 4) is 0 Å². The first-order valence-electron chi connectivity index (χ1n) is 7.58. The van der Waals surface area contributed by atoms with Crippen molar-refractivity contribution in [2.24, 2.45) is 0 Å². The van der Waals surface area contributed by atoms with Crippen molar-refractivity contribution in [3.63, 3.8) is 0 Å². The molecule has 4 N–H and O–H groups in total. The topological polar surface area (TPSA) is 130 Å². The first-order chi connectivity index (χ1) is 12.7. The molecule has 0 aromatic carbocycles. The summed E-state index contributed by atoms with van der Waals surface area (Å²) in [6.45, 7) is 3.98. The van der Waals surface area contributed by atoms with Crippen LogP contribution in [0.3, 0.4) is 0 Å². The fraction of sp³-hybridized carbons (Fsp3) is 0.250. The summed E-state index contributed by atoms with van der Waals surface area (Å²) in [5.41, 5.74) is 11.7. The molecular weight excluding hydrogens is 419 g/mol. The molecule has 0 amide bonds. The maximum Gasteiger partial charge on any atom is 0.340 e. The number of ether oxygens (including phenoxy) is 2. The molecule has 0 bridgehead atoms. The summed E-state index contributed by atoms with van der Waals surface area (Å²) in [6.07, 6.45) is 1.41. The fourth-order valence-electron chi connectivity index (χ4n) is 1.71. The largest absolute Gasteiger partial charge is 0.462 e. The van der Waals surface area contributed by atoms with Crippen LogP contribution in [0.2, 0.25) is 15.5 Å². The highest BCUT2D eigenvalue weighted by Gasteiger charge is 2.15. The van der Waals surface area contributed by atoms with E-state index in [2.05, 4.69) is 9.97 Å². The molecule has 0 unspecified atom stereocenters. The molecule has 0 aliphatic carbocycles. The monoisotopic (exact) mass is 434 g/mol. The van der Waals surface area contributed by atoms with Gasteiger partial charge in [-0.15, -0.1) is 0 Å². The molecule has 146 valence electrons. The maximum atomic E-state index is 11.3. The first kappa shape index (κ1) is 22.8. The lowest BCUT2D eigenvalue weighted by molar-refractivity contribution is 0.0518. The van der Waals surface area contributed by atoms with Crippen molar-refractivity contribution < 1.29 is 19.1 Å². The van der Waals surface area contributed by atoms with Gasteiger partial charge in [-0.1, -0.05) is 34.8 Å². The Morgan fingerprint density at radius 3 is 2.04 bits per heavy atom. The SMILES string of the molecule is CCOC(=O)c1cc(Cl)nc(Cl)c1N.CCOC(=O)c1ccnc(Cl)c1N. The number of rotatable bonds is 4. The van der Waals surface area contributed by atoms with Gasteiger partial charge in [0.05, 0.1) is 35.7 Å². The number of esters is 2. The number of carbonyl (C=O) groups excluding carboxylic acids is 2. The third kappa shape index (κ3) is 6.42. The van der Waals surface area contributed by atoms with Crippen LogP contribution in [0, 0.1) is 0 Å². The molecule has 2 rings (SSSR count). The van der Waals surface area contributed by atoms with Gasteiger partial charge in [-0.3, -0.25) is 0 Å². The van der Waals surface area contributed by atoms with Gasteiger partial charge in [0.25, 0.3) is 0 Å². The number of nitrogens with zero attached hydrogens (tertiary/aromatic N) is 2. The van der Waals surface area contributed by atoms with Gasteiger partial charge in [0, 0.05) is 6.20 Å². The number of hydrogen-bond acceptors (Lipinski definition) is 8. The maximum absolute atomic E-state index is 11.3. The molecular formula is C16H17Cl3N4O4. The smallest absolute Gasteiger partial charge is 0.340 e. The Morgan fingerprint density at radius 2 is 1.48 bits per heavy atom. The summed E-state index contributed by atoms with van der Waals surface area (Å²) in [4.78, 5) is 29.9. The quantitative estimate of drug-likeness (QED) is 0.549. The van der Waals surface area contributed by atoms with Crippen LogP contribution in [0.25, 0.3) is 0 Å². The number of carbonyl (C=O) groups is 2. The zero-order chi connectivity index (χ0) is 20.6. The molecule has 2 aromatic heterocycles. The highest BCUT2D eigenvalue weighted by Crippen LogP contribution is 2.24. The van der Waals surface area contributed by atoms with Gasteiger partial charge in [-0.2, -0.15) is 0 Å². The Balaban J connectivity index is 0.000000271. The van der Waals surface area contributed by atoms with Crippen LogP contribution in [-0.4, -0.2) is 35.1 Å². The minimum absolute atomic E-state index is 0.000512. The molecule has 0 fully saturated rings. The summed E-state index contributed by atoms with van der Waals surface area (Å²) in [5.74, 6) is -1.04. The number of hydrogen-bond donors (Lipinski definition) is 2. The molecule has 0 saturated carbocycles. The van der Waals surface area contributed by atoms with E-state index in [0.29, 0.717) is 6.61 Å². The predicted octanol–water partition coefficient (Wildman–Crippen LogP) is 3.64. The van der Waals surface area contributed by atoms with Gasteiger partial charge in [-0.25, -0.2) is 19.6 Å². The van der Waals surface area contributed by atoms with Gasteiger partial charge in [0.2, 0.25) is 0 Å². The Labute approximate surface area is 170 Å². The second kappa shape index (κ2) is 10.8. The Hall–Kier alpha value is -2.29. The standard InChI is InChI=1S/C8H8Cl2N2O2.C8H9ClN2O2/c1-2-14-8(13)4-3-5(9)12-7(10)6(4)11;1-2-13-8(12)5-3-4-11-7(9)6(5)10/h3H,2,11H2,1H3;3-4H,2,10H2,1H3. The molecule has 0 aliphatic heterocycles. The number of aromatic nitrogens is 2. The normalized spacial score (nSPS) is 9.81. The number of anilines is 2. The highest BCUT2D eigenvalue weighted by molar-refractivity contribution is 6.35. The van der Waals surface area contributed by atoms with Gasteiger partial charge in [-0.05, 0) is 26.0 Å². The molecule has 2 heterocycles. The van der Waals surface area contributed by atoms with E-state index in [0.717, 1.165) is 0 Å². The Bertz CT molecular complexity index is 834. The second-order valence-corrected chi connectivity index (χ2v) is 5.80. The summed E-state index contributed by atoms with van der Waals surface area (Å²) >= 11 is 16.9. The van der Waals surface area contributed by atoms with Crippen molar-refractivity contribution in [1.29, 1.82) is 0 Å². The van der Waals surface area contributed by atoms with Crippen LogP contribution >= 0.6 is 34.8 Å². The average molecular weight is 436 g/mol. The minimum Gasteiger partial charge on any atom is -0.462 e. The average Bonchev–Trinajstić information content (AvgIpc) is 2.61. The zero-order valence-electron chi connectivity index (χ0n) is 14.5. The number of nitrogens with two attached hydrogens (primary N) is 2. The van der Waals surface area contributed by atoms with Crippen LogP contribution < -0.4 is 11.5 Å². The van der Waals surface area contributed by atoms with Crippen molar-refractivity contribution in [1.82, 2.24) is 9.97 Å². The molecule has 27 heavy (non-hydrogen) atoms. The predicted molar refractivity (Wildman–Crippen MR) is 104 cm³/mol. The molecule has 11 heteroatoms. The van der Waals surface area contributed by atoms with Crippen molar-refractivity contribution in [2.45, 2.75) is 13.8 Å². The molecule has 0 spiro atoms. The van der Waals surface area contributed by atoms with Crippen molar-refractivity contribution >= 4 is 58.1 Å². The van der Waals surface area contributed by atoms with Crippen molar-refractivity contribution in [2.75, 3.05) is 24.7 Å². The van der Waals surface area contributed by atoms with E-state index in [1.165, 1.54) is 18.3 Å². The van der Waals surface area contributed by atoms with Crippen molar-refractivity contribution in [3.05, 3.63) is 44.9 Å². The van der Waals surface area contributed by atoms with Gasteiger partial charge >= 0.3 is 11.9 Å². The summed E-state index contributed by atoms with van der Waals surface area (Å²) in [6, 6.07) is 2.79. The highest BCUT2D eigenvalue weighted by atomic mass is 35.5. The van der Waals surface area contributed by atoms with Gasteiger partial charge < -0.3 is 20.9 Å². The lowest BCUT2D eigenvalue weighted by atomic mass is 10.2. The summed E-state index contributed by atoms with van der Waals surface area (Å²) in [5, 5.41) is 0.221. The lowest BCUT2D eigenvalue weighted by Gasteiger charge is -2.06. The number of halogens is 3.